The Morgan fingerprint density at radius 3 is 2.66 bits per heavy atom. The number of fused-ring (bicyclic) bond motifs is 1. The van der Waals surface area contributed by atoms with E-state index in [1.165, 1.54) is 18.4 Å². The van der Waals surface area contributed by atoms with Crippen LogP contribution in [0.4, 0.5) is 5.00 Å². The molecule has 1 aromatic carbocycles. The predicted molar refractivity (Wildman–Crippen MR) is 146 cm³/mol. The van der Waals surface area contributed by atoms with Crippen molar-refractivity contribution in [2.24, 2.45) is 11.3 Å². The Labute approximate surface area is 234 Å². The number of para-hydroxylation sites is 1. The van der Waals surface area contributed by atoms with E-state index in [2.05, 4.69) is 15.9 Å². The number of amides is 1. The summed E-state index contributed by atoms with van der Waals surface area (Å²) in [6.45, 7) is 3.36. The first-order valence-corrected chi connectivity index (χ1v) is 14.5. The second-order valence-electron chi connectivity index (χ2n) is 10.1. The van der Waals surface area contributed by atoms with E-state index in [1.54, 1.807) is 12.0 Å². The normalized spacial score (nSPS) is 24.5. The molecule has 3 atom stereocenters. The third-order valence-corrected chi connectivity index (χ3v) is 10.2. The summed E-state index contributed by atoms with van der Waals surface area (Å²) in [5, 5.41) is 0.618. The highest BCUT2D eigenvalue weighted by Gasteiger charge is 2.59. The molecule has 3 unspecified atom stereocenters. The number of esters is 1. The number of benzene rings is 1. The number of hydrogen-bond donors (Lipinski definition) is 0. The molecule has 0 bridgehead atoms. The minimum absolute atomic E-state index is 0.0272. The molecule has 2 fully saturated rings. The van der Waals surface area contributed by atoms with E-state index in [0.717, 1.165) is 27.8 Å². The number of anilines is 1. The molecular formula is C28H32BrNO7S. The largest absolute Gasteiger partial charge is 0.496 e. The predicted octanol–water partition coefficient (Wildman–Crippen LogP) is 5.25. The molecule has 204 valence electrons. The summed E-state index contributed by atoms with van der Waals surface area (Å²) in [4.78, 5) is 42.4. The second-order valence-corrected chi connectivity index (χ2v) is 12.5. The maximum Gasteiger partial charge on any atom is 0.308 e. The van der Waals surface area contributed by atoms with Crippen LogP contribution in [0.25, 0.3) is 0 Å². The average Bonchev–Trinajstić information content (AvgIpc) is 3.52. The lowest BCUT2D eigenvalue weighted by Gasteiger charge is -2.40. The van der Waals surface area contributed by atoms with Crippen LogP contribution in [-0.4, -0.2) is 57.7 Å². The first-order chi connectivity index (χ1) is 18.3. The Hall–Kier alpha value is -2.27. The zero-order chi connectivity index (χ0) is 27.0. The fourth-order valence-electron chi connectivity index (χ4n) is 5.95. The van der Waals surface area contributed by atoms with Crippen molar-refractivity contribution in [1.82, 2.24) is 0 Å². The minimum atomic E-state index is -1.29. The standard InChI is InChI=1S/C28H32BrNO7S/c1-16-22-23(31)28(11-8-17(14-28)26(32)35-3)27(33)30(25(22)38-24(16)29)15-21(37-18-9-12-36-13-10-18)19-6-4-5-7-20(19)34-2/h4-7,17-18,21H,8-15H2,1-3H3. The molecule has 0 N–H and O–H groups in total. The summed E-state index contributed by atoms with van der Waals surface area (Å²) in [7, 11) is 2.96. The Morgan fingerprint density at radius 2 is 1.95 bits per heavy atom. The van der Waals surface area contributed by atoms with E-state index in [1.807, 2.05) is 31.2 Å². The second kappa shape index (κ2) is 11.1. The SMILES string of the molecule is COC(=O)C1CCC2(C1)C(=O)c1c(sc(Br)c1C)N(CC(OC1CCOCC1)c1ccccc1OC)C2=O. The van der Waals surface area contributed by atoms with Crippen molar-refractivity contribution in [3.05, 3.63) is 44.7 Å². The molecule has 1 saturated carbocycles. The number of carbonyl (C=O) groups excluding carboxylic acids is 3. The summed E-state index contributed by atoms with van der Waals surface area (Å²) < 4.78 is 23.6. The number of ketones is 1. The Balaban J connectivity index is 1.56. The van der Waals surface area contributed by atoms with Crippen molar-refractivity contribution < 1.29 is 33.3 Å². The molecule has 3 heterocycles. The number of carbonyl (C=O) groups is 3. The van der Waals surface area contributed by atoms with Crippen molar-refractivity contribution in [2.45, 2.75) is 51.2 Å². The van der Waals surface area contributed by atoms with Gasteiger partial charge in [0.2, 0.25) is 5.91 Å². The number of rotatable bonds is 7. The van der Waals surface area contributed by atoms with Crippen LogP contribution >= 0.6 is 27.3 Å². The van der Waals surface area contributed by atoms with Gasteiger partial charge in [-0.1, -0.05) is 18.2 Å². The van der Waals surface area contributed by atoms with Gasteiger partial charge in [-0.25, -0.2) is 0 Å². The van der Waals surface area contributed by atoms with Gasteiger partial charge in [-0.05, 0) is 66.6 Å². The highest BCUT2D eigenvalue weighted by molar-refractivity contribution is 9.11. The number of nitrogens with zero attached hydrogens (tertiary/aromatic N) is 1. The van der Waals surface area contributed by atoms with Crippen LogP contribution in [0.15, 0.2) is 28.1 Å². The van der Waals surface area contributed by atoms with Crippen LogP contribution in [0.2, 0.25) is 0 Å². The van der Waals surface area contributed by atoms with Crippen LogP contribution in [0.1, 0.15) is 59.7 Å². The van der Waals surface area contributed by atoms with Gasteiger partial charge >= 0.3 is 5.97 Å². The zero-order valence-electron chi connectivity index (χ0n) is 21.8. The van der Waals surface area contributed by atoms with Gasteiger partial charge < -0.3 is 18.9 Å². The van der Waals surface area contributed by atoms with Crippen molar-refractivity contribution in [2.75, 3.05) is 38.9 Å². The highest BCUT2D eigenvalue weighted by atomic mass is 79.9. The minimum Gasteiger partial charge on any atom is -0.496 e. The van der Waals surface area contributed by atoms with E-state index in [4.69, 9.17) is 18.9 Å². The van der Waals surface area contributed by atoms with Gasteiger partial charge in [-0.3, -0.25) is 19.3 Å². The van der Waals surface area contributed by atoms with Crippen LogP contribution in [0.3, 0.4) is 0 Å². The third-order valence-electron chi connectivity index (χ3n) is 8.04. The lowest BCUT2D eigenvalue weighted by Crippen LogP contribution is -2.53. The number of halogens is 1. The lowest BCUT2D eigenvalue weighted by atomic mass is 9.74. The van der Waals surface area contributed by atoms with E-state index in [9.17, 15) is 14.4 Å². The molecule has 1 aromatic heterocycles. The smallest absolute Gasteiger partial charge is 0.308 e. The van der Waals surface area contributed by atoms with E-state index >= 15 is 0 Å². The first kappa shape index (κ1) is 27.3. The van der Waals surface area contributed by atoms with Crippen LogP contribution in [0, 0.1) is 18.3 Å². The van der Waals surface area contributed by atoms with Crippen molar-refractivity contribution in [1.29, 1.82) is 0 Å². The number of Topliss-reactive ketones (excluding diaryl/α,β-unsaturated/α-hetero) is 1. The summed E-state index contributed by atoms with van der Waals surface area (Å²) in [5.74, 6) is -0.653. The van der Waals surface area contributed by atoms with Gasteiger partial charge in [-0.2, -0.15) is 0 Å². The van der Waals surface area contributed by atoms with Crippen LogP contribution in [-0.2, 0) is 23.8 Å². The van der Waals surface area contributed by atoms with Gasteiger partial charge in [-0.15, -0.1) is 11.3 Å². The highest BCUT2D eigenvalue weighted by Crippen LogP contribution is 2.54. The summed E-state index contributed by atoms with van der Waals surface area (Å²) in [6, 6.07) is 7.67. The monoisotopic (exact) mass is 605 g/mol. The molecule has 8 nitrogen and oxygen atoms in total. The van der Waals surface area contributed by atoms with Crippen molar-refractivity contribution in [3.8, 4) is 5.75 Å². The van der Waals surface area contributed by atoms with Gasteiger partial charge in [0.25, 0.3) is 0 Å². The molecule has 10 heteroatoms. The molecule has 1 spiro atoms. The summed E-state index contributed by atoms with van der Waals surface area (Å²) >= 11 is 4.98. The van der Waals surface area contributed by atoms with E-state index in [0.29, 0.717) is 42.4 Å². The molecule has 3 aliphatic rings. The Morgan fingerprint density at radius 1 is 1.21 bits per heavy atom. The maximum atomic E-state index is 14.4. The van der Waals surface area contributed by atoms with Gasteiger partial charge in [0, 0.05) is 18.8 Å². The number of methoxy groups -OCH3 is 2. The molecule has 0 radical (unpaired) electrons. The fraction of sp³-hybridized carbons (Fsp3) is 0.536. The van der Waals surface area contributed by atoms with Crippen LogP contribution in [0.5, 0.6) is 5.75 Å². The maximum absolute atomic E-state index is 14.4. The van der Waals surface area contributed by atoms with Gasteiger partial charge in [0.05, 0.1) is 42.1 Å². The van der Waals surface area contributed by atoms with Crippen molar-refractivity contribution >= 4 is 49.9 Å². The number of thiophene rings is 1. The molecule has 5 rings (SSSR count). The molecule has 1 aliphatic carbocycles. The summed E-state index contributed by atoms with van der Waals surface area (Å²) in [5.41, 5.74) is 0.915. The number of hydrogen-bond acceptors (Lipinski definition) is 8. The number of ether oxygens (including phenoxy) is 4. The molecule has 2 aromatic rings. The third kappa shape index (κ3) is 4.69. The molecule has 1 amide bonds. The topological polar surface area (TPSA) is 91.4 Å². The first-order valence-electron chi connectivity index (χ1n) is 12.9. The quantitative estimate of drug-likeness (QED) is 0.314. The lowest BCUT2D eigenvalue weighted by molar-refractivity contribution is -0.145. The fourth-order valence-corrected chi connectivity index (χ4v) is 7.65. The molecule has 1 saturated heterocycles. The zero-order valence-corrected chi connectivity index (χ0v) is 24.2. The Kier molecular flexibility index (Phi) is 7.96. The Bertz CT molecular complexity index is 1240. The molecule has 2 aliphatic heterocycles. The average molecular weight is 607 g/mol. The molecule has 38 heavy (non-hydrogen) atoms. The van der Waals surface area contributed by atoms with E-state index < -0.39 is 17.4 Å². The summed E-state index contributed by atoms with van der Waals surface area (Å²) in [6.07, 6.45) is 1.91. The van der Waals surface area contributed by atoms with E-state index in [-0.39, 0.29) is 36.7 Å². The van der Waals surface area contributed by atoms with Crippen LogP contribution < -0.4 is 9.64 Å². The molecular weight excluding hydrogens is 574 g/mol. The van der Waals surface area contributed by atoms with Gasteiger partial charge in [0.15, 0.2) is 5.78 Å². The van der Waals surface area contributed by atoms with Gasteiger partial charge in [0.1, 0.15) is 22.3 Å². The van der Waals surface area contributed by atoms with Crippen molar-refractivity contribution in [3.63, 3.8) is 0 Å².